The molecule has 0 radical (unpaired) electrons. The van der Waals surface area contributed by atoms with Crippen molar-refractivity contribution in [2.75, 3.05) is 0 Å². The molecule has 0 rings (SSSR count). The summed E-state index contributed by atoms with van der Waals surface area (Å²) in [5, 5.41) is 0. The average Bonchev–Trinajstić information content (AvgIpc) is 1.68. The molecule has 0 saturated heterocycles. The predicted molar refractivity (Wildman–Crippen MR) is 25.9 cm³/mol. The van der Waals surface area contributed by atoms with Crippen LogP contribution in [0, 0.1) is 0 Å². The molecule has 0 unspecified atom stereocenters. The molecular weight excluding hydrogens is 92.1 g/mol. The number of aldehydes is 2. The molecule has 0 aromatic carbocycles. The van der Waals surface area contributed by atoms with Gasteiger partial charge in [-0.1, -0.05) is 0 Å². The van der Waals surface area contributed by atoms with Crippen LogP contribution in [0.2, 0.25) is 0 Å². The maximum absolute atomic E-state index is 9.67. The third-order valence-electron chi connectivity index (χ3n) is 0.517. The molecule has 0 amide bonds. The van der Waals surface area contributed by atoms with Crippen molar-refractivity contribution in [3.63, 3.8) is 0 Å². The number of rotatable bonds is 2. The number of hydrogen-bond acceptors (Lipinski definition) is 2. The zero-order valence-corrected chi connectivity index (χ0v) is 4.05. The zero-order valence-electron chi connectivity index (χ0n) is 4.05. The van der Waals surface area contributed by atoms with Gasteiger partial charge >= 0.3 is 0 Å². The Kier molecular flexibility index (Phi) is 2.85. The fourth-order valence-electron chi connectivity index (χ4n) is 0.147. The molecule has 0 spiro atoms. The Bertz CT molecular complexity index is 103. The van der Waals surface area contributed by atoms with E-state index in [1.54, 1.807) is 6.92 Å². The number of allylic oxidation sites excluding steroid dienone is 2. The first-order valence-corrected chi connectivity index (χ1v) is 1.88. The van der Waals surface area contributed by atoms with E-state index in [4.69, 9.17) is 0 Å². The highest BCUT2D eigenvalue weighted by atomic mass is 16.1. The van der Waals surface area contributed by atoms with Crippen LogP contribution in [-0.2, 0) is 9.59 Å². The van der Waals surface area contributed by atoms with Crippen LogP contribution < -0.4 is 0 Å². The highest BCUT2D eigenvalue weighted by Crippen LogP contribution is 1.79. The van der Waals surface area contributed by atoms with Crippen LogP contribution in [0.5, 0.6) is 0 Å². The monoisotopic (exact) mass is 98.0 g/mol. The van der Waals surface area contributed by atoms with Crippen LogP contribution in [0.1, 0.15) is 6.92 Å². The van der Waals surface area contributed by atoms with Crippen molar-refractivity contribution >= 4 is 12.6 Å². The summed E-state index contributed by atoms with van der Waals surface area (Å²) < 4.78 is 0. The Morgan fingerprint density at radius 1 is 1.43 bits per heavy atom. The van der Waals surface area contributed by atoms with E-state index in [0.717, 1.165) is 0 Å². The summed E-state index contributed by atoms with van der Waals surface area (Å²) in [6, 6.07) is 0. The summed E-state index contributed by atoms with van der Waals surface area (Å²) in [7, 11) is 0. The Balaban J connectivity index is 3.72. The molecule has 0 aliphatic heterocycles. The highest BCUT2D eigenvalue weighted by Gasteiger charge is 1.76. The lowest BCUT2D eigenvalue weighted by Gasteiger charge is -1.73. The second-order valence-electron chi connectivity index (χ2n) is 1.16. The largest absolute Gasteiger partial charge is 0.299 e. The van der Waals surface area contributed by atoms with Gasteiger partial charge in [0.15, 0.2) is 0 Å². The normalized spacial score (nSPS) is 10.7. The molecule has 7 heavy (non-hydrogen) atoms. The van der Waals surface area contributed by atoms with E-state index >= 15 is 0 Å². The molecule has 0 heterocycles. The number of carbonyl (C=O) groups excluding carboxylic acids is 2. The number of hydrogen-bond donors (Lipinski definition) is 0. The quantitative estimate of drug-likeness (QED) is 0.368. The van der Waals surface area contributed by atoms with Gasteiger partial charge in [-0.3, -0.25) is 9.59 Å². The van der Waals surface area contributed by atoms with Gasteiger partial charge in [0.05, 0.1) is 0 Å². The average molecular weight is 98.1 g/mol. The van der Waals surface area contributed by atoms with Gasteiger partial charge in [-0.2, -0.15) is 0 Å². The van der Waals surface area contributed by atoms with E-state index in [1.807, 2.05) is 0 Å². The fraction of sp³-hybridized carbons (Fsp3) is 0.200. The minimum atomic E-state index is 0.454. The van der Waals surface area contributed by atoms with Crippen molar-refractivity contribution in [2.45, 2.75) is 6.92 Å². The summed E-state index contributed by atoms with van der Waals surface area (Å²) in [6.45, 7) is 1.57. The van der Waals surface area contributed by atoms with Crippen molar-refractivity contribution in [3.8, 4) is 0 Å². The first-order chi connectivity index (χ1) is 3.31. The minimum absolute atomic E-state index is 0.454. The van der Waals surface area contributed by atoms with Crippen LogP contribution in [0.25, 0.3) is 0 Å². The third kappa shape index (κ3) is 2.89. The molecule has 0 saturated carbocycles. The Labute approximate surface area is 41.8 Å². The number of carbonyl (C=O) groups is 2. The van der Waals surface area contributed by atoms with Gasteiger partial charge in [-0.05, 0) is 18.6 Å². The smallest absolute Gasteiger partial charge is 0.145 e. The van der Waals surface area contributed by atoms with Gasteiger partial charge in [-0.15, -0.1) is 0 Å². The summed E-state index contributed by atoms with van der Waals surface area (Å²) in [6.07, 6.45) is 2.44. The molecule has 0 aliphatic carbocycles. The molecule has 0 fully saturated rings. The first kappa shape index (κ1) is 6.08. The summed E-state index contributed by atoms with van der Waals surface area (Å²) in [4.78, 5) is 19.2. The van der Waals surface area contributed by atoms with E-state index in [0.29, 0.717) is 18.1 Å². The van der Waals surface area contributed by atoms with E-state index in [2.05, 4.69) is 0 Å². The summed E-state index contributed by atoms with van der Waals surface area (Å²) in [5.74, 6) is 0. The SMILES string of the molecule is C/C(C=O)=C/C=O. The zero-order chi connectivity index (χ0) is 5.70. The Morgan fingerprint density at radius 3 is 2.14 bits per heavy atom. The lowest BCUT2D eigenvalue weighted by Crippen LogP contribution is -1.74. The second kappa shape index (κ2) is 3.28. The molecule has 0 aromatic heterocycles. The van der Waals surface area contributed by atoms with E-state index in [9.17, 15) is 9.59 Å². The van der Waals surface area contributed by atoms with Gasteiger partial charge in [0.2, 0.25) is 0 Å². The van der Waals surface area contributed by atoms with Crippen molar-refractivity contribution < 1.29 is 9.59 Å². The fourth-order valence-corrected chi connectivity index (χ4v) is 0.147. The molecular formula is C5H6O2. The van der Waals surface area contributed by atoms with Crippen molar-refractivity contribution in [3.05, 3.63) is 11.6 Å². The van der Waals surface area contributed by atoms with Crippen LogP contribution in [0.3, 0.4) is 0 Å². The summed E-state index contributed by atoms with van der Waals surface area (Å²) >= 11 is 0. The Hall–Kier alpha value is -0.920. The molecule has 0 N–H and O–H groups in total. The Morgan fingerprint density at radius 2 is 2.00 bits per heavy atom. The topological polar surface area (TPSA) is 34.1 Å². The molecule has 0 atom stereocenters. The third-order valence-corrected chi connectivity index (χ3v) is 0.517. The van der Waals surface area contributed by atoms with Crippen LogP contribution in [0.4, 0.5) is 0 Å². The molecule has 0 aromatic rings. The van der Waals surface area contributed by atoms with Crippen molar-refractivity contribution in [2.24, 2.45) is 0 Å². The maximum atomic E-state index is 9.67. The van der Waals surface area contributed by atoms with Crippen LogP contribution in [-0.4, -0.2) is 12.6 Å². The van der Waals surface area contributed by atoms with Gasteiger partial charge in [0.1, 0.15) is 12.6 Å². The summed E-state index contributed by atoms with van der Waals surface area (Å²) in [5.41, 5.74) is 0.454. The van der Waals surface area contributed by atoms with Gasteiger partial charge in [0.25, 0.3) is 0 Å². The molecule has 2 nitrogen and oxygen atoms in total. The highest BCUT2D eigenvalue weighted by molar-refractivity contribution is 5.80. The second-order valence-corrected chi connectivity index (χ2v) is 1.16. The standard InChI is InChI=1S/C5H6O2/c1-5(4-7)2-3-6/h2-4H,1H3/b5-2-. The molecule has 0 aliphatic rings. The van der Waals surface area contributed by atoms with Crippen molar-refractivity contribution in [1.29, 1.82) is 0 Å². The van der Waals surface area contributed by atoms with E-state index in [-0.39, 0.29) is 0 Å². The molecule has 38 valence electrons. The lowest BCUT2D eigenvalue weighted by atomic mass is 10.3. The van der Waals surface area contributed by atoms with Gasteiger partial charge < -0.3 is 0 Å². The predicted octanol–water partition coefficient (Wildman–Crippen LogP) is 0.330. The van der Waals surface area contributed by atoms with Gasteiger partial charge in [0, 0.05) is 0 Å². The van der Waals surface area contributed by atoms with E-state index < -0.39 is 0 Å². The first-order valence-electron chi connectivity index (χ1n) is 1.88. The van der Waals surface area contributed by atoms with Crippen LogP contribution >= 0.6 is 0 Å². The van der Waals surface area contributed by atoms with Gasteiger partial charge in [-0.25, -0.2) is 0 Å². The maximum Gasteiger partial charge on any atom is 0.145 e. The van der Waals surface area contributed by atoms with E-state index in [1.165, 1.54) is 6.08 Å². The molecule has 0 bridgehead atoms. The van der Waals surface area contributed by atoms with Crippen molar-refractivity contribution in [1.82, 2.24) is 0 Å². The lowest BCUT2D eigenvalue weighted by molar-refractivity contribution is -0.106. The molecule has 2 heteroatoms. The minimum Gasteiger partial charge on any atom is -0.299 e. The van der Waals surface area contributed by atoms with Crippen LogP contribution in [0.15, 0.2) is 11.6 Å².